The molecule has 0 amide bonds. The molecule has 0 saturated heterocycles. The number of nitrogens with zero attached hydrogens (tertiary/aromatic N) is 3. The molecule has 0 spiro atoms. The molecule has 0 bridgehead atoms. The van der Waals surface area contributed by atoms with Crippen molar-refractivity contribution in [3.8, 4) is 0 Å². The van der Waals surface area contributed by atoms with Gasteiger partial charge in [-0.1, -0.05) is 13.3 Å². The third kappa shape index (κ3) is 1.85. The van der Waals surface area contributed by atoms with Crippen LogP contribution in [0.4, 0.5) is 11.9 Å². The van der Waals surface area contributed by atoms with E-state index in [0.717, 1.165) is 5.92 Å². The predicted molar refractivity (Wildman–Crippen MR) is 50.0 cm³/mol. The quantitative estimate of drug-likeness (QED) is 0.713. The molecule has 0 aromatic carbocycles. The van der Waals surface area contributed by atoms with E-state index in [1.807, 2.05) is 0 Å². The SMILES string of the molecule is CCC1CC1Nc1ncnc(N)n1. The van der Waals surface area contributed by atoms with Crippen molar-refractivity contribution < 1.29 is 0 Å². The molecule has 1 saturated carbocycles. The fourth-order valence-corrected chi connectivity index (χ4v) is 1.42. The van der Waals surface area contributed by atoms with Crippen LogP contribution in [0, 0.1) is 5.92 Å². The molecule has 2 unspecified atom stereocenters. The molecule has 70 valence electrons. The van der Waals surface area contributed by atoms with Crippen LogP contribution in [0.2, 0.25) is 0 Å². The maximum atomic E-state index is 5.42. The molecule has 0 aliphatic heterocycles. The molecule has 13 heavy (non-hydrogen) atoms. The number of nitrogens with one attached hydrogen (secondary N) is 1. The second kappa shape index (κ2) is 3.16. The largest absolute Gasteiger partial charge is 0.368 e. The lowest BCUT2D eigenvalue weighted by Gasteiger charge is -2.02. The highest BCUT2D eigenvalue weighted by molar-refractivity contribution is 5.32. The van der Waals surface area contributed by atoms with E-state index in [4.69, 9.17) is 5.73 Å². The highest BCUT2D eigenvalue weighted by Gasteiger charge is 2.35. The number of nitrogens with two attached hydrogens (primary N) is 1. The van der Waals surface area contributed by atoms with Gasteiger partial charge in [0.15, 0.2) is 0 Å². The maximum Gasteiger partial charge on any atom is 0.227 e. The highest BCUT2D eigenvalue weighted by atomic mass is 15.2. The average molecular weight is 179 g/mol. The summed E-state index contributed by atoms with van der Waals surface area (Å²) >= 11 is 0. The summed E-state index contributed by atoms with van der Waals surface area (Å²) in [6, 6.07) is 0.534. The summed E-state index contributed by atoms with van der Waals surface area (Å²) in [5.41, 5.74) is 5.42. The molecule has 3 N–H and O–H groups in total. The van der Waals surface area contributed by atoms with Gasteiger partial charge in [-0.2, -0.15) is 4.98 Å². The van der Waals surface area contributed by atoms with Gasteiger partial charge in [-0.25, -0.2) is 9.97 Å². The van der Waals surface area contributed by atoms with Gasteiger partial charge in [0.1, 0.15) is 6.33 Å². The summed E-state index contributed by atoms with van der Waals surface area (Å²) in [5.74, 6) is 1.64. The first kappa shape index (κ1) is 8.22. The van der Waals surface area contributed by atoms with E-state index in [9.17, 15) is 0 Å². The smallest absolute Gasteiger partial charge is 0.227 e. The standard InChI is InChI=1S/C8H13N5/c1-2-5-3-6(5)12-8-11-4-10-7(9)13-8/h4-6H,2-3H2,1H3,(H3,9,10,11,12,13). The lowest BCUT2D eigenvalue weighted by atomic mass is 10.3. The first-order chi connectivity index (χ1) is 6.29. The lowest BCUT2D eigenvalue weighted by molar-refractivity contribution is 0.771. The van der Waals surface area contributed by atoms with Crippen LogP contribution in [0.1, 0.15) is 19.8 Å². The van der Waals surface area contributed by atoms with Crippen LogP contribution in [-0.4, -0.2) is 21.0 Å². The highest BCUT2D eigenvalue weighted by Crippen LogP contribution is 2.35. The van der Waals surface area contributed by atoms with E-state index in [1.165, 1.54) is 19.2 Å². The van der Waals surface area contributed by atoms with Gasteiger partial charge < -0.3 is 11.1 Å². The summed E-state index contributed by atoms with van der Waals surface area (Å²) < 4.78 is 0. The van der Waals surface area contributed by atoms with E-state index >= 15 is 0 Å². The van der Waals surface area contributed by atoms with Gasteiger partial charge in [-0.15, -0.1) is 0 Å². The Bertz CT molecular complexity index is 300. The van der Waals surface area contributed by atoms with Crippen molar-refractivity contribution in [1.29, 1.82) is 0 Å². The predicted octanol–water partition coefficient (Wildman–Crippen LogP) is 0.664. The van der Waals surface area contributed by atoms with Crippen molar-refractivity contribution in [2.75, 3.05) is 11.1 Å². The van der Waals surface area contributed by atoms with Crippen molar-refractivity contribution in [2.24, 2.45) is 5.92 Å². The van der Waals surface area contributed by atoms with Gasteiger partial charge in [-0.3, -0.25) is 0 Å². The number of anilines is 2. The van der Waals surface area contributed by atoms with E-state index < -0.39 is 0 Å². The molecule has 1 aliphatic rings. The Morgan fingerprint density at radius 3 is 3.08 bits per heavy atom. The lowest BCUT2D eigenvalue weighted by Crippen LogP contribution is -2.09. The van der Waals surface area contributed by atoms with Crippen molar-refractivity contribution in [3.05, 3.63) is 6.33 Å². The Labute approximate surface area is 76.8 Å². The van der Waals surface area contributed by atoms with Crippen LogP contribution >= 0.6 is 0 Å². The maximum absolute atomic E-state index is 5.42. The van der Waals surface area contributed by atoms with Crippen LogP contribution in [0.3, 0.4) is 0 Å². The van der Waals surface area contributed by atoms with Crippen molar-refractivity contribution in [2.45, 2.75) is 25.8 Å². The number of aromatic nitrogens is 3. The minimum absolute atomic E-state index is 0.270. The van der Waals surface area contributed by atoms with E-state index in [2.05, 4.69) is 27.2 Å². The Morgan fingerprint density at radius 2 is 2.46 bits per heavy atom. The summed E-state index contributed by atoms with van der Waals surface area (Å²) in [6.45, 7) is 2.19. The molecule has 0 radical (unpaired) electrons. The van der Waals surface area contributed by atoms with Crippen LogP contribution in [0.15, 0.2) is 6.33 Å². The zero-order valence-corrected chi connectivity index (χ0v) is 7.57. The number of nitrogen functional groups attached to an aromatic ring is 1. The van der Waals surface area contributed by atoms with Gasteiger partial charge in [-0.05, 0) is 12.3 Å². The number of hydrogen-bond donors (Lipinski definition) is 2. The topological polar surface area (TPSA) is 76.7 Å². The molecule has 1 aromatic heterocycles. The second-order valence-electron chi connectivity index (χ2n) is 3.32. The average Bonchev–Trinajstić information content (AvgIpc) is 2.83. The van der Waals surface area contributed by atoms with Crippen molar-refractivity contribution >= 4 is 11.9 Å². The van der Waals surface area contributed by atoms with Gasteiger partial charge >= 0.3 is 0 Å². The molecule has 1 heterocycles. The van der Waals surface area contributed by atoms with Crippen molar-refractivity contribution in [1.82, 2.24) is 15.0 Å². The third-order valence-electron chi connectivity index (χ3n) is 2.35. The van der Waals surface area contributed by atoms with Crippen LogP contribution in [-0.2, 0) is 0 Å². The normalized spacial score (nSPS) is 25.6. The molecule has 5 heteroatoms. The molecule has 1 fully saturated rings. The first-order valence-electron chi connectivity index (χ1n) is 4.50. The second-order valence-corrected chi connectivity index (χ2v) is 3.32. The zero-order chi connectivity index (χ0) is 9.26. The summed E-state index contributed by atoms with van der Waals surface area (Å²) in [6.07, 6.45) is 3.84. The van der Waals surface area contributed by atoms with Crippen LogP contribution < -0.4 is 11.1 Å². The van der Waals surface area contributed by atoms with Gasteiger partial charge in [0.25, 0.3) is 0 Å². The summed E-state index contributed by atoms with van der Waals surface area (Å²) in [5, 5.41) is 3.22. The van der Waals surface area contributed by atoms with E-state index in [-0.39, 0.29) is 5.95 Å². The molecular weight excluding hydrogens is 166 g/mol. The molecule has 1 aliphatic carbocycles. The molecule has 1 aromatic rings. The Morgan fingerprint density at radius 1 is 1.62 bits per heavy atom. The van der Waals surface area contributed by atoms with Gasteiger partial charge in [0.2, 0.25) is 11.9 Å². The zero-order valence-electron chi connectivity index (χ0n) is 7.57. The summed E-state index contributed by atoms with van der Waals surface area (Å²) in [7, 11) is 0. The van der Waals surface area contributed by atoms with Crippen molar-refractivity contribution in [3.63, 3.8) is 0 Å². The van der Waals surface area contributed by atoms with Crippen LogP contribution in [0.5, 0.6) is 0 Å². The Balaban J connectivity index is 1.95. The monoisotopic (exact) mass is 179 g/mol. The fraction of sp³-hybridized carbons (Fsp3) is 0.625. The van der Waals surface area contributed by atoms with Gasteiger partial charge in [0, 0.05) is 6.04 Å². The molecule has 5 nitrogen and oxygen atoms in total. The first-order valence-corrected chi connectivity index (χ1v) is 4.50. The molecular formula is C8H13N5. The Hall–Kier alpha value is -1.39. The summed E-state index contributed by atoms with van der Waals surface area (Å²) in [4.78, 5) is 11.7. The van der Waals surface area contributed by atoms with Crippen LogP contribution in [0.25, 0.3) is 0 Å². The minimum atomic E-state index is 0.270. The Kier molecular flexibility index (Phi) is 2.00. The minimum Gasteiger partial charge on any atom is -0.368 e. The molecule has 2 atom stereocenters. The fourth-order valence-electron chi connectivity index (χ4n) is 1.42. The van der Waals surface area contributed by atoms with E-state index in [0.29, 0.717) is 12.0 Å². The van der Waals surface area contributed by atoms with E-state index in [1.54, 1.807) is 0 Å². The number of rotatable bonds is 3. The van der Waals surface area contributed by atoms with Gasteiger partial charge in [0.05, 0.1) is 0 Å². The third-order valence-corrected chi connectivity index (χ3v) is 2.35. The number of hydrogen-bond acceptors (Lipinski definition) is 5. The molecule has 2 rings (SSSR count).